The molecule has 31 heavy (non-hydrogen) atoms. The van der Waals surface area contributed by atoms with E-state index in [4.69, 9.17) is 9.47 Å². The third-order valence-corrected chi connectivity index (χ3v) is 5.25. The summed E-state index contributed by atoms with van der Waals surface area (Å²) in [6, 6.07) is 17.9. The van der Waals surface area contributed by atoms with Gasteiger partial charge in [-0.05, 0) is 42.5 Å². The molecule has 0 saturated carbocycles. The van der Waals surface area contributed by atoms with Gasteiger partial charge in [-0.1, -0.05) is 18.2 Å². The first-order valence-corrected chi connectivity index (χ1v) is 10.3. The Bertz CT molecular complexity index is 1090. The molecule has 160 valence electrons. The number of carbonyl (C=O) groups excluding carboxylic acids is 2. The minimum Gasteiger partial charge on any atom is -0.497 e. The number of anilines is 2. The summed E-state index contributed by atoms with van der Waals surface area (Å²) in [7, 11) is 3.06. The monoisotopic (exact) mass is 440 g/mol. The predicted molar refractivity (Wildman–Crippen MR) is 120 cm³/mol. The number of halogens is 1. The van der Waals surface area contributed by atoms with E-state index in [9.17, 15) is 14.0 Å². The van der Waals surface area contributed by atoms with Gasteiger partial charge in [-0.3, -0.25) is 9.59 Å². The molecule has 0 spiro atoms. The van der Waals surface area contributed by atoms with E-state index in [0.717, 1.165) is 4.90 Å². The van der Waals surface area contributed by atoms with Crippen LogP contribution >= 0.6 is 11.8 Å². The molecule has 0 aromatic heterocycles. The molecule has 0 aliphatic rings. The zero-order valence-corrected chi connectivity index (χ0v) is 17.8. The number of hydrogen-bond donors (Lipinski definition) is 2. The smallest absolute Gasteiger partial charge is 0.258 e. The van der Waals surface area contributed by atoms with Crippen molar-refractivity contribution in [2.24, 2.45) is 0 Å². The molecular formula is C23H21FN2O4S. The molecule has 0 saturated heterocycles. The van der Waals surface area contributed by atoms with Crippen molar-refractivity contribution in [3.05, 3.63) is 78.1 Å². The zero-order chi connectivity index (χ0) is 22.2. The van der Waals surface area contributed by atoms with Crippen LogP contribution in [0.3, 0.4) is 0 Å². The minimum atomic E-state index is -0.588. The Balaban J connectivity index is 1.61. The summed E-state index contributed by atoms with van der Waals surface area (Å²) in [5.41, 5.74) is 0.985. The van der Waals surface area contributed by atoms with Gasteiger partial charge in [0.1, 0.15) is 17.3 Å². The molecule has 8 heteroatoms. The summed E-state index contributed by atoms with van der Waals surface area (Å²) < 4.78 is 24.2. The molecule has 2 N–H and O–H groups in total. The average Bonchev–Trinajstić information content (AvgIpc) is 2.78. The molecule has 3 aromatic carbocycles. The number of ether oxygens (including phenoxy) is 2. The zero-order valence-electron chi connectivity index (χ0n) is 17.0. The second kappa shape index (κ2) is 10.5. The molecular weight excluding hydrogens is 419 g/mol. The number of amides is 2. The molecule has 2 amide bonds. The van der Waals surface area contributed by atoms with Crippen molar-refractivity contribution in [3.63, 3.8) is 0 Å². The molecule has 0 radical (unpaired) electrons. The third-order valence-electron chi connectivity index (χ3n) is 4.26. The Hall–Kier alpha value is -3.52. The van der Waals surface area contributed by atoms with Crippen LogP contribution in [0.5, 0.6) is 11.5 Å². The van der Waals surface area contributed by atoms with Gasteiger partial charge in [0, 0.05) is 16.6 Å². The van der Waals surface area contributed by atoms with Crippen molar-refractivity contribution in [1.29, 1.82) is 0 Å². The number of nitrogens with one attached hydrogen (secondary N) is 2. The van der Waals surface area contributed by atoms with Crippen LogP contribution in [0.25, 0.3) is 0 Å². The fourth-order valence-electron chi connectivity index (χ4n) is 2.75. The summed E-state index contributed by atoms with van der Waals surface area (Å²) in [4.78, 5) is 25.5. The highest BCUT2D eigenvalue weighted by Gasteiger charge is 2.12. The Morgan fingerprint density at radius 3 is 2.48 bits per heavy atom. The Morgan fingerprint density at radius 2 is 1.74 bits per heavy atom. The van der Waals surface area contributed by atoms with Crippen LogP contribution in [0, 0.1) is 5.82 Å². The predicted octanol–water partition coefficient (Wildman–Crippen LogP) is 4.83. The van der Waals surface area contributed by atoms with E-state index in [1.165, 1.54) is 37.1 Å². The molecule has 0 bridgehead atoms. The van der Waals surface area contributed by atoms with Crippen molar-refractivity contribution in [2.45, 2.75) is 4.90 Å². The van der Waals surface area contributed by atoms with Gasteiger partial charge < -0.3 is 20.1 Å². The normalized spacial score (nSPS) is 10.3. The number of methoxy groups -OCH3 is 2. The summed E-state index contributed by atoms with van der Waals surface area (Å²) in [6.45, 7) is 0. The second-order valence-electron chi connectivity index (χ2n) is 6.36. The highest BCUT2D eigenvalue weighted by atomic mass is 32.2. The van der Waals surface area contributed by atoms with Crippen LogP contribution in [0.2, 0.25) is 0 Å². The number of carbonyl (C=O) groups is 2. The topological polar surface area (TPSA) is 76.7 Å². The van der Waals surface area contributed by atoms with E-state index < -0.39 is 11.7 Å². The summed E-state index contributed by atoms with van der Waals surface area (Å²) >= 11 is 1.30. The van der Waals surface area contributed by atoms with Crippen molar-refractivity contribution in [2.75, 3.05) is 30.6 Å². The Kier molecular flexibility index (Phi) is 7.50. The number of benzene rings is 3. The van der Waals surface area contributed by atoms with E-state index in [0.29, 0.717) is 22.9 Å². The molecule has 3 aromatic rings. The van der Waals surface area contributed by atoms with Crippen molar-refractivity contribution >= 4 is 35.0 Å². The molecule has 0 unspecified atom stereocenters. The number of hydrogen-bond acceptors (Lipinski definition) is 5. The largest absolute Gasteiger partial charge is 0.497 e. The lowest BCUT2D eigenvalue weighted by molar-refractivity contribution is -0.113. The molecule has 0 aliphatic carbocycles. The molecule has 0 fully saturated rings. The molecule has 6 nitrogen and oxygen atoms in total. The Morgan fingerprint density at radius 1 is 0.935 bits per heavy atom. The number of thioether (sulfide) groups is 1. The highest BCUT2D eigenvalue weighted by molar-refractivity contribution is 8.00. The van der Waals surface area contributed by atoms with Gasteiger partial charge >= 0.3 is 0 Å². The summed E-state index contributed by atoms with van der Waals surface area (Å²) in [6.07, 6.45) is 0. The maximum absolute atomic E-state index is 13.8. The maximum atomic E-state index is 13.8. The highest BCUT2D eigenvalue weighted by Crippen LogP contribution is 2.29. The molecule has 0 heterocycles. The maximum Gasteiger partial charge on any atom is 0.258 e. The van der Waals surface area contributed by atoms with Crippen molar-refractivity contribution < 1.29 is 23.5 Å². The van der Waals surface area contributed by atoms with Gasteiger partial charge in [-0.2, -0.15) is 0 Å². The van der Waals surface area contributed by atoms with Crippen LogP contribution in [-0.2, 0) is 4.79 Å². The SMILES string of the molecule is COc1ccc(OC)c(NC(=O)CSc2cccc(NC(=O)c3ccccc3F)c2)c1. The average molecular weight is 440 g/mol. The quantitative estimate of drug-likeness (QED) is 0.491. The fraction of sp³-hybridized carbons (Fsp3) is 0.130. The molecule has 3 rings (SSSR count). The van der Waals surface area contributed by atoms with Crippen molar-refractivity contribution in [3.8, 4) is 11.5 Å². The first-order chi connectivity index (χ1) is 15.0. The van der Waals surface area contributed by atoms with Gasteiger partial charge in [0.2, 0.25) is 5.91 Å². The van der Waals surface area contributed by atoms with Gasteiger partial charge in [0.15, 0.2) is 0 Å². The fourth-order valence-corrected chi connectivity index (χ4v) is 3.51. The van der Waals surface area contributed by atoms with E-state index >= 15 is 0 Å². The van der Waals surface area contributed by atoms with E-state index in [1.54, 1.807) is 49.6 Å². The van der Waals surface area contributed by atoms with Gasteiger partial charge in [0.25, 0.3) is 5.91 Å². The lowest BCUT2D eigenvalue weighted by atomic mass is 10.2. The van der Waals surface area contributed by atoms with Gasteiger partial charge in [-0.25, -0.2) is 4.39 Å². The summed E-state index contributed by atoms with van der Waals surface area (Å²) in [5.74, 6) is -0.0832. The van der Waals surface area contributed by atoms with E-state index in [-0.39, 0.29) is 17.2 Å². The van der Waals surface area contributed by atoms with Gasteiger partial charge in [-0.15, -0.1) is 11.8 Å². The minimum absolute atomic E-state index is 0.0350. The Labute approximate surface area is 183 Å². The van der Waals surface area contributed by atoms with Crippen LogP contribution in [0.4, 0.5) is 15.8 Å². The van der Waals surface area contributed by atoms with Crippen LogP contribution in [-0.4, -0.2) is 31.8 Å². The van der Waals surface area contributed by atoms with Crippen LogP contribution in [0.1, 0.15) is 10.4 Å². The van der Waals surface area contributed by atoms with Crippen molar-refractivity contribution in [1.82, 2.24) is 0 Å². The third kappa shape index (κ3) is 5.99. The lowest BCUT2D eigenvalue weighted by Gasteiger charge is -2.12. The number of rotatable bonds is 8. The second-order valence-corrected chi connectivity index (χ2v) is 7.41. The van der Waals surface area contributed by atoms with Gasteiger partial charge in [0.05, 0.1) is 31.2 Å². The first kappa shape index (κ1) is 22.2. The lowest BCUT2D eigenvalue weighted by Crippen LogP contribution is -2.15. The molecule has 0 atom stereocenters. The summed E-state index contributed by atoms with van der Waals surface area (Å²) in [5, 5.41) is 5.48. The van der Waals surface area contributed by atoms with Crippen LogP contribution in [0.15, 0.2) is 71.6 Å². The van der Waals surface area contributed by atoms with E-state index in [2.05, 4.69) is 10.6 Å². The molecule has 0 aliphatic heterocycles. The first-order valence-electron chi connectivity index (χ1n) is 9.31. The van der Waals surface area contributed by atoms with E-state index in [1.807, 2.05) is 6.07 Å². The standard InChI is InChI=1S/C23H21FN2O4S/c1-29-16-10-11-21(30-2)20(13-16)26-22(27)14-31-17-7-5-6-15(12-17)25-23(28)18-8-3-4-9-19(18)24/h3-13H,14H2,1-2H3,(H,25,28)(H,26,27). The van der Waals surface area contributed by atoms with Crippen LogP contribution < -0.4 is 20.1 Å².